The van der Waals surface area contributed by atoms with Crippen LogP contribution >= 0.6 is 35.0 Å². The van der Waals surface area contributed by atoms with E-state index in [1.165, 1.54) is 0 Å². The largest absolute Gasteiger partial charge is 0.505 e. The molecule has 1 amide bonds. The fourth-order valence-corrected chi connectivity index (χ4v) is 4.26. The molecule has 4 nitrogen and oxygen atoms in total. The maximum Gasteiger partial charge on any atom is 0.224 e. The van der Waals surface area contributed by atoms with Crippen molar-refractivity contribution in [1.82, 2.24) is 0 Å². The molecule has 1 aliphatic rings. The molecule has 3 rings (SSSR count). The van der Waals surface area contributed by atoms with Crippen molar-refractivity contribution in [2.45, 2.75) is 30.6 Å². The Morgan fingerprint density at radius 3 is 2.65 bits per heavy atom. The first-order chi connectivity index (χ1) is 12.5. The monoisotopic (exact) mass is 411 g/mol. The highest BCUT2D eigenvalue weighted by molar-refractivity contribution is 7.99. The molecular formula is C19H19Cl2NO3S. The van der Waals surface area contributed by atoms with Gasteiger partial charge in [-0.05, 0) is 60.9 Å². The number of hydrogen-bond acceptors (Lipinski definition) is 4. The number of fused-ring (bicyclic) bond motifs is 1. The van der Waals surface area contributed by atoms with Gasteiger partial charge in [-0.3, -0.25) is 4.79 Å². The van der Waals surface area contributed by atoms with Gasteiger partial charge in [-0.1, -0.05) is 23.2 Å². The van der Waals surface area contributed by atoms with Gasteiger partial charge in [-0.25, -0.2) is 0 Å². The van der Waals surface area contributed by atoms with Crippen molar-refractivity contribution in [2.24, 2.45) is 0 Å². The first kappa shape index (κ1) is 19.2. The van der Waals surface area contributed by atoms with E-state index in [1.807, 2.05) is 18.2 Å². The van der Waals surface area contributed by atoms with Crippen molar-refractivity contribution in [3.8, 4) is 11.5 Å². The van der Waals surface area contributed by atoms with Gasteiger partial charge in [-0.2, -0.15) is 0 Å². The lowest BCUT2D eigenvalue weighted by Gasteiger charge is -2.17. The normalized spacial score (nSPS) is 13.2. The van der Waals surface area contributed by atoms with Crippen LogP contribution in [0.3, 0.4) is 0 Å². The van der Waals surface area contributed by atoms with E-state index >= 15 is 0 Å². The Balaban J connectivity index is 1.39. The van der Waals surface area contributed by atoms with Crippen LogP contribution in [0.1, 0.15) is 24.8 Å². The predicted octanol–water partition coefficient (Wildman–Crippen LogP) is 5.54. The number of carbonyl (C=O) groups is 1. The van der Waals surface area contributed by atoms with Gasteiger partial charge in [-0.15, -0.1) is 11.8 Å². The van der Waals surface area contributed by atoms with E-state index in [9.17, 15) is 9.90 Å². The molecule has 0 unspecified atom stereocenters. The van der Waals surface area contributed by atoms with Gasteiger partial charge in [0, 0.05) is 17.0 Å². The van der Waals surface area contributed by atoms with Gasteiger partial charge >= 0.3 is 0 Å². The number of halogens is 2. The van der Waals surface area contributed by atoms with E-state index in [2.05, 4.69) is 5.32 Å². The Morgan fingerprint density at radius 1 is 1.12 bits per heavy atom. The summed E-state index contributed by atoms with van der Waals surface area (Å²) in [6, 6.07) is 9.23. The molecule has 0 atom stereocenters. The summed E-state index contributed by atoms with van der Waals surface area (Å²) in [5.74, 6) is 1.75. The van der Waals surface area contributed by atoms with Gasteiger partial charge in [0.05, 0.1) is 16.7 Å². The van der Waals surface area contributed by atoms with Crippen LogP contribution in [0.15, 0.2) is 35.2 Å². The molecule has 2 aromatic carbocycles. The number of rotatable bonds is 7. The Morgan fingerprint density at radius 2 is 1.88 bits per heavy atom. The molecule has 26 heavy (non-hydrogen) atoms. The number of thioether (sulfide) groups is 1. The van der Waals surface area contributed by atoms with E-state index in [4.69, 9.17) is 27.9 Å². The van der Waals surface area contributed by atoms with E-state index in [-0.39, 0.29) is 21.7 Å². The van der Waals surface area contributed by atoms with E-state index in [0.717, 1.165) is 46.9 Å². The van der Waals surface area contributed by atoms with Crippen LogP contribution in [-0.4, -0.2) is 23.4 Å². The fourth-order valence-electron chi connectivity index (χ4n) is 2.66. The van der Waals surface area contributed by atoms with Gasteiger partial charge in [0.2, 0.25) is 5.91 Å². The highest BCUT2D eigenvalue weighted by Crippen LogP contribution is 2.36. The van der Waals surface area contributed by atoms with Crippen LogP contribution in [0.5, 0.6) is 11.5 Å². The zero-order valence-corrected chi connectivity index (χ0v) is 16.4. The summed E-state index contributed by atoms with van der Waals surface area (Å²) in [6.07, 6.45) is 3.20. The van der Waals surface area contributed by atoms with Crippen LogP contribution in [-0.2, 0) is 11.2 Å². The van der Waals surface area contributed by atoms with E-state index in [1.54, 1.807) is 23.9 Å². The number of aryl methyl sites for hydroxylation is 1. The lowest BCUT2D eigenvalue weighted by Crippen LogP contribution is -2.18. The molecule has 1 heterocycles. The molecular weight excluding hydrogens is 393 g/mol. The van der Waals surface area contributed by atoms with E-state index in [0.29, 0.717) is 13.0 Å². The molecule has 0 bridgehead atoms. The summed E-state index contributed by atoms with van der Waals surface area (Å²) in [6.45, 7) is 0.642. The van der Waals surface area contributed by atoms with Crippen molar-refractivity contribution >= 4 is 46.6 Å². The smallest absolute Gasteiger partial charge is 0.224 e. The van der Waals surface area contributed by atoms with Gasteiger partial charge < -0.3 is 15.2 Å². The lowest BCUT2D eigenvalue weighted by atomic mass is 10.0. The number of carbonyl (C=O) groups excluding carboxylic acids is 1. The van der Waals surface area contributed by atoms with Crippen molar-refractivity contribution in [3.63, 3.8) is 0 Å². The zero-order chi connectivity index (χ0) is 18.5. The van der Waals surface area contributed by atoms with Crippen molar-refractivity contribution in [3.05, 3.63) is 45.9 Å². The SMILES string of the molecule is O=C1CCc2cc(OCCCCSc3cc(Cl)c(O)c(Cl)c3)ccc2N1. The third-order valence-electron chi connectivity index (χ3n) is 4.04. The average molecular weight is 412 g/mol. The highest BCUT2D eigenvalue weighted by Gasteiger charge is 2.15. The molecule has 7 heteroatoms. The van der Waals surface area contributed by atoms with Crippen LogP contribution in [0.25, 0.3) is 0 Å². The molecule has 0 radical (unpaired) electrons. The summed E-state index contributed by atoms with van der Waals surface area (Å²) in [7, 11) is 0. The minimum absolute atomic E-state index is 0.0693. The number of ether oxygens (including phenoxy) is 1. The molecule has 1 aliphatic heterocycles. The number of nitrogens with one attached hydrogen (secondary N) is 1. The molecule has 0 aromatic heterocycles. The van der Waals surface area contributed by atoms with Crippen molar-refractivity contribution in [1.29, 1.82) is 0 Å². The average Bonchev–Trinajstić information content (AvgIpc) is 2.62. The van der Waals surface area contributed by atoms with Crippen LogP contribution < -0.4 is 10.1 Å². The number of unbranched alkanes of at least 4 members (excludes halogenated alkanes) is 1. The second-order valence-corrected chi connectivity index (χ2v) is 7.99. The quantitative estimate of drug-likeness (QED) is 0.464. The Hall–Kier alpha value is -1.56. The van der Waals surface area contributed by atoms with Crippen LogP contribution in [0.2, 0.25) is 10.0 Å². The summed E-state index contributed by atoms with van der Waals surface area (Å²) >= 11 is 13.5. The number of anilines is 1. The molecule has 0 saturated carbocycles. The van der Waals surface area contributed by atoms with Gasteiger partial charge in [0.25, 0.3) is 0 Å². The zero-order valence-electron chi connectivity index (χ0n) is 14.1. The Kier molecular flexibility index (Phi) is 6.57. The number of aromatic hydroxyl groups is 1. The number of benzene rings is 2. The second-order valence-electron chi connectivity index (χ2n) is 6.01. The number of hydrogen-bond donors (Lipinski definition) is 2. The maximum absolute atomic E-state index is 11.4. The molecule has 0 aliphatic carbocycles. The lowest BCUT2D eigenvalue weighted by molar-refractivity contribution is -0.116. The predicted molar refractivity (Wildman–Crippen MR) is 107 cm³/mol. The molecule has 0 spiro atoms. The number of amides is 1. The van der Waals surface area contributed by atoms with E-state index < -0.39 is 0 Å². The second kappa shape index (κ2) is 8.89. The van der Waals surface area contributed by atoms with Crippen LogP contribution in [0, 0.1) is 0 Å². The summed E-state index contributed by atoms with van der Waals surface area (Å²) in [5, 5.41) is 13.0. The molecule has 2 aromatic rings. The van der Waals surface area contributed by atoms with Crippen molar-refractivity contribution < 1.29 is 14.6 Å². The Bertz CT molecular complexity index is 790. The minimum Gasteiger partial charge on any atom is -0.505 e. The maximum atomic E-state index is 11.4. The molecule has 138 valence electrons. The number of phenolic OH excluding ortho intramolecular Hbond substituents is 1. The summed E-state index contributed by atoms with van der Waals surface area (Å²) in [5.41, 5.74) is 2.01. The van der Waals surface area contributed by atoms with Crippen molar-refractivity contribution in [2.75, 3.05) is 17.7 Å². The summed E-state index contributed by atoms with van der Waals surface area (Å²) in [4.78, 5) is 12.3. The standard InChI is InChI=1S/C19H19Cl2NO3S/c20-15-10-14(11-16(21)19(15)24)26-8-2-1-7-25-13-4-5-17-12(9-13)3-6-18(23)22-17/h4-5,9-11,24H,1-3,6-8H2,(H,22,23). The van der Waals surface area contributed by atoms with Crippen LogP contribution in [0.4, 0.5) is 5.69 Å². The third-order valence-corrected chi connectivity index (χ3v) is 5.68. The molecule has 2 N–H and O–H groups in total. The fraction of sp³-hybridized carbons (Fsp3) is 0.316. The Labute approximate surface area is 166 Å². The topological polar surface area (TPSA) is 58.6 Å². The first-order valence-electron chi connectivity index (χ1n) is 8.39. The molecule has 0 saturated heterocycles. The molecule has 0 fully saturated rings. The third kappa shape index (κ3) is 5.00. The van der Waals surface area contributed by atoms with Gasteiger partial charge in [0.1, 0.15) is 5.75 Å². The number of phenols is 1. The van der Waals surface area contributed by atoms with Gasteiger partial charge in [0.15, 0.2) is 5.75 Å². The minimum atomic E-state index is -0.0734. The highest BCUT2D eigenvalue weighted by atomic mass is 35.5. The first-order valence-corrected chi connectivity index (χ1v) is 10.1. The summed E-state index contributed by atoms with van der Waals surface area (Å²) < 4.78 is 5.81.